The quantitative estimate of drug-likeness (QED) is 0.734. The van der Waals surface area contributed by atoms with Gasteiger partial charge in [-0.15, -0.1) is 6.58 Å². The van der Waals surface area contributed by atoms with Gasteiger partial charge in [-0.3, -0.25) is 9.69 Å². The zero-order chi connectivity index (χ0) is 20.0. The van der Waals surface area contributed by atoms with Crippen molar-refractivity contribution in [1.82, 2.24) is 4.90 Å². The number of likely N-dealkylation sites (tertiary alicyclic amines) is 1. The summed E-state index contributed by atoms with van der Waals surface area (Å²) in [5, 5.41) is 12.3. The molecule has 4 atom stereocenters. The van der Waals surface area contributed by atoms with Gasteiger partial charge in [0.2, 0.25) is 5.79 Å². The highest BCUT2D eigenvalue weighted by Crippen LogP contribution is 2.67. The number of hydrogen-bond donors (Lipinski definition) is 2. The van der Waals surface area contributed by atoms with Crippen molar-refractivity contribution in [3.8, 4) is 5.75 Å². The molecule has 3 heterocycles. The number of hydrogen-bond acceptors (Lipinski definition) is 6. The van der Waals surface area contributed by atoms with Gasteiger partial charge in [-0.05, 0) is 37.4 Å². The van der Waals surface area contributed by atoms with Crippen molar-refractivity contribution < 1.29 is 24.1 Å². The minimum atomic E-state index is -0.992. The normalized spacial score (nSPS) is 38.5. The van der Waals surface area contributed by atoms with E-state index < -0.39 is 28.8 Å². The van der Waals surface area contributed by atoms with E-state index in [-0.39, 0.29) is 6.04 Å². The average Bonchev–Trinajstić information content (AvgIpc) is 3.30. The summed E-state index contributed by atoms with van der Waals surface area (Å²) in [6, 6.07) is 3.69. The van der Waals surface area contributed by atoms with Crippen LogP contribution in [0.1, 0.15) is 40.7 Å². The van der Waals surface area contributed by atoms with Crippen LogP contribution >= 0.6 is 0 Å². The molecule has 1 aromatic carbocycles. The van der Waals surface area contributed by atoms with Crippen molar-refractivity contribution in [3.63, 3.8) is 0 Å². The molecule has 29 heavy (non-hydrogen) atoms. The van der Waals surface area contributed by atoms with Gasteiger partial charge in [0.1, 0.15) is 5.75 Å². The van der Waals surface area contributed by atoms with E-state index in [0.717, 1.165) is 24.2 Å². The van der Waals surface area contributed by atoms with Crippen LogP contribution in [0.4, 0.5) is 0 Å². The minimum absolute atomic E-state index is 0.0445. The van der Waals surface area contributed by atoms with Gasteiger partial charge in [0.15, 0.2) is 6.10 Å². The number of fused-ring (bicyclic) bond motifs is 1. The molecule has 3 aliphatic heterocycles. The number of ether oxygens (including phenoxy) is 3. The zero-order valence-corrected chi connectivity index (χ0v) is 16.4. The molecule has 2 unspecified atom stereocenters. The van der Waals surface area contributed by atoms with Crippen LogP contribution in [0.3, 0.4) is 0 Å². The van der Waals surface area contributed by atoms with Crippen molar-refractivity contribution in [2.45, 2.75) is 54.6 Å². The van der Waals surface area contributed by atoms with Gasteiger partial charge < -0.3 is 25.1 Å². The highest BCUT2D eigenvalue weighted by Gasteiger charge is 2.77. The third-order valence-corrected chi connectivity index (χ3v) is 8.00. The van der Waals surface area contributed by atoms with Crippen molar-refractivity contribution in [2.24, 2.45) is 5.73 Å². The summed E-state index contributed by atoms with van der Waals surface area (Å²) >= 11 is 0. The number of primary amides is 1. The Kier molecular flexibility index (Phi) is 3.46. The van der Waals surface area contributed by atoms with Gasteiger partial charge in [0, 0.05) is 24.6 Å². The van der Waals surface area contributed by atoms with E-state index in [4.69, 9.17) is 19.9 Å². The standard InChI is InChI=1S/C22H26N2O5/c1-2-8-24-9-7-20-16-13-3-4-14(18(23)25)17(16)29-19(20)22(27-10-11-28-22)6-5-21(20,26)15(24)12-13/h2-4,15,19,26H,1,5-12H2,(H2,23,25)/t15-,19?,20+,21?/m1/s1. The lowest BCUT2D eigenvalue weighted by molar-refractivity contribution is -0.296. The number of aliphatic hydroxyl groups is 1. The fourth-order valence-corrected chi connectivity index (χ4v) is 6.95. The van der Waals surface area contributed by atoms with E-state index >= 15 is 0 Å². The second-order valence-corrected chi connectivity index (χ2v) is 9.00. The maximum Gasteiger partial charge on any atom is 0.252 e. The summed E-state index contributed by atoms with van der Waals surface area (Å²) in [5.41, 5.74) is 6.45. The Morgan fingerprint density at radius 3 is 2.83 bits per heavy atom. The van der Waals surface area contributed by atoms with Crippen LogP contribution in [0.2, 0.25) is 0 Å². The molecule has 1 aromatic rings. The van der Waals surface area contributed by atoms with Gasteiger partial charge in [-0.1, -0.05) is 12.1 Å². The summed E-state index contributed by atoms with van der Waals surface area (Å²) in [5.74, 6) is -0.885. The number of carbonyl (C=O) groups is 1. The number of carbonyl (C=O) groups excluding carboxylic acids is 1. The summed E-state index contributed by atoms with van der Waals surface area (Å²) in [6.07, 6.45) is 3.93. The number of benzene rings is 1. The van der Waals surface area contributed by atoms with Gasteiger partial charge in [-0.2, -0.15) is 0 Å². The first kappa shape index (κ1) is 17.9. The summed E-state index contributed by atoms with van der Waals surface area (Å²) in [7, 11) is 0. The Morgan fingerprint density at radius 1 is 1.31 bits per heavy atom. The van der Waals surface area contributed by atoms with Gasteiger partial charge >= 0.3 is 0 Å². The minimum Gasteiger partial charge on any atom is -0.483 e. The molecule has 1 saturated carbocycles. The van der Waals surface area contributed by atoms with Crippen LogP contribution in [0.15, 0.2) is 24.8 Å². The lowest BCUT2D eigenvalue weighted by atomic mass is 9.48. The van der Waals surface area contributed by atoms with Crippen LogP contribution in [-0.4, -0.2) is 65.8 Å². The molecule has 3 N–H and O–H groups in total. The highest BCUT2D eigenvalue weighted by atomic mass is 16.8. The number of rotatable bonds is 3. The number of piperidine rings is 1. The summed E-state index contributed by atoms with van der Waals surface area (Å²) in [4.78, 5) is 14.5. The van der Waals surface area contributed by atoms with Gasteiger partial charge in [0.25, 0.3) is 5.91 Å². The van der Waals surface area contributed by atoms with E-state index in [2.05, 4.69) is 11.5 Å². The third-order valence-electron chi connectivity index (χ3n) is 8.00. The SMILES string of the molecule is C=CCN1CC[C@]23c4c5ccc(C(N)=O)c4OC2C2(CCC3(O)[C@H]1C5)OCCO2. The Labute approximate surface area is 169 Å². The number of nitrogens with zero attached hydrogens (tertiary/aromatic N) is 1. The first-order valence-electron chi connectivity index (χ1n) is 10.4. The summed E-state index contributed by atoms with van der Waals surface area (Å²) in [6.45, 7) is 6.46. The Hall–Kier alpha value is -1.93. The third kappa shape index (κ3) is 1.90. The molecule has 3 fully saturated rings. The van der Waals surface area contributed by atoms with Crippen LogP contribution in [0, 0.1) is 0 Å². The van der Waals surface area contributed by atoms with Crippen LogP contribution in [0.5, 0.6) is 5.75 Å². The molecule has 5 aliphatic rings. The maximum absolute atomic E-state index is 12.3. The first-order chi connectivity index (χ1) is 14.0. The van der Waals surface area contributed by atoms with E-state index in [1.807, 2.05) is 12.1 Å². The monoisotopic (exact) mass is 398 g/mol. The Balaban J connectivity index is 1.62. The van der Waals surface area contributed by atoms with Crippen LogP contribution in [-0.2, 0) is 21.3 Å². The molecule has 2 saturated heterocycles. The molecule has 2 aliphatic carbocycles. The van der Waals surface area contributed by atoms with Gasteiger partial charge in [0.05, 0.1) is 29.8 Å². The molecule has 0 radical (unpaired) electrons. The molecular weight excluding hydrogens is 372 g/mol. The molecule has 7 nitrogen and oxygen atoms in total. The van der Waals surface area contributed by atoms with Crippen molar-refractivity contribution in [3.05, 3.63) is 41.5 Å². The second kappa shape index (κ2) is 5.60. The Morgan fingerprint density at radius 2 is 2.10 bits per heavy atom. The molecule has 1 amide bonds. The lowest BCUT2D eigenvalue weighted by Gasteiger charge is -2.65. The smallest absolute Gasteiger partial charge is 0.252 e. The fraction of sp³-hybridized carbons (Fsp3) is 0.591. The van der Waals surface area contributed by atoms with Crippen molar-refractivity contribution in [1.29, 1.82) is 0 Å². The van der Waals surface area contributed by atoms with Crippen molar-refractivity contribution >= 4 is 5.91 Å². The highest BCUT2D eigenvalue weighted by molar-refractivity contribution is 5.97. The molecular formula is C22H26N2O5. The Bertz CT molecular complexity index is 926. The number of amides is 1. The topological polar surface area (TPSA) is 94.3 Å². The lowest BCUT2D eigenvalue weighted by Crippen LogP contribution is -2.79. The fourth-order valence-electron chi connectivity index (χ4n) is 6.95. The molecule has 154 valence electrons. The molecule has 0 aromatic heterocycles. The van der Waals surface area contributed by atoms with E-state index in [0.29, 0.717) is 50.2 Å². The van der Waals surface area contributed by atoms with Crippen molar-refractivity contribution in [2.75, 3.05) is 26.3 Å². The van der Waals surface area contributed by atoms with Gasteiger partial charge in [-0.25, -0.2) is 0 Å². The van der Waals surface area contributed by atoms with E-state index in [1.54, 1.807) is 6.07 Å². The van der Waals surface area contributed by atoms with E-state index in [1.165, 1.54) is 0 Å². The molecule has 7 heteroatoms. The predicted octanol–water partition coefficient (Wildman–Crippen LogP) is 0.869. The molecule has 2 bridgehead atoms. The van der Waals surface area contributed by atoms with E-state index in [9.17, 15) is 9.90 Å². The van der Waals surface area contributed by atoms with Crippen LogP contribution < -0.4 is 10.5 Å². The predicted molar refractivity (Wildman–Crippen MR) is 104 cm³/mol. The molecule has 2 spiro atoms. The maximum atomic E-state index is 12.3. The van der Waals surface area contributed by atoms with Crippen LogP contribution in [0.25, 0.3) is 0 Å². The largest absolute Gasteiger partial charge is 0.483 e. The average molecular weight is 398 g/mol. The molecule has 6 rings (SSSR count). The zero-order valence-electron chi connectivity index (χ0n) is 16.4. The second-order valence-electron chi connectivity index (χ2n) is 9.00. The first-order valence-corrected chi connectivity index (χ1v) is 10.4. The number of nitrogens with two attached hydrogens (primary N) is 1. The summed E-state index contributed by atoms with van der Waals surface area (Å²) < 4.78 is 18.8.